The van der Waals surface area contributed by atoms with Crippen LogP contribution in [0.2, 0.25) is 0 Å². The van der Waals surface area contributed by atoms with Gasteiger partial charge in [0.25, 0.3) is 10.2 Å². The monoisotopic (exact) mass is 305 g/mol. The number of rotatable bonds is 7. The highest BCUT2D eigenvalue weighted by molar-refractivity contribution is 7.86. The van der Waals surface area contributed by atoms with Gasteiger partial charge in [-0.2, -0.15) is 17.0 Å². The second-order valence-electron chi connectivity index (χ2n) is 6.82. The Morgan fingerprint density at radius 1 is 1.40 bits per heavy atom. The summed E-state index contributed by atoms with van der Waals surface area (Å²) in [5.41, 5.74) is 5.57. The van der Waals surface area contributed by atoms with Crippen molar-refractivity contribution in [1.82, 2.24) is 8.61 Å². The Bertz CT molecular complexity index is 395. The van der Waals surface area contributed by atoms with Gasteiger partial charge in [0.05, 0.1) is 0 Å². The highest BCUT2D eigenvalue weighted by Gasteiger charge is 2.34. The molecule has 0 spiro atoms. The highest BCUT2D eigenvalue weighted by atomic mass is 32.2. The van der Waals surface area contributed by atoms with Gasteiger partial charge in [0, 0.05) is 26.2 Å². The number of piperidine rings is 1. The first-order chi connectivity index (χ1) is 9.23. The molecule has 6 heteroatoms. The molecule has 0 aromatic carbocycles. The summed E-state index contributed by atoms with van der Waals surface area (Å²) in [4.78, 5) is 0. The average molecular weight is 305 g/mol. The SMILES string of the molecule is CCCN(CC(C)(C)CN)S(=O)(=O)N1CCCC(C)C1. The maximum atomic E-state index is 12.8. The highest BCUT2D eigenvalue weighted by Crippen LogP contribution is 2.24. The van der Waals surface area contributed by atoms with Crippen molar-refractivity contribution in [3.05, 3.63) is 0 Å². The lowest BCUT2D eigenvalue weighted by Crippen LogP contribution is -2.51. The molecule has 1 fully saturated rings. The molecule has 0 saturated carbocycles. The van der Waals surface area contributed by atoms with Gasteiger partial charge in [-0.05, 0) is 37.1 Å². The van der Waals surface area contributed by atoms with Gasteiger partial charge in [-0.1, -0.05) is 27.7 Å². The normalized spacial score (nSPS) is 22.4. The minimum atomic E-state index is -3.35. The van der Waals surface area contributed by atoms with Crippen molar-refractivity contribution < 1.29 is 8.42 Å². The molecule has 1 aliphatic rings. The summed E-state index contributed by atoms with van der Waals surface area (Å²) in [5, 5.41) is 0. The molecule has 2 N–H and O–H groups in total. The molecule has 1 unspecified atom stereocenters. The number of hydrogen-bond acceptors (Lipinski definition) is 3. The minimum absolute atomic E-state index is 0.191. The summed E-state index contributed by atoms with van der Waals surface area (Å²) in [7, 11) is -3.35. The van der Waals surface area contributed by atoms with Gasteiger partial charge in [-0.3, -0.25) is 0 Å². The first-order valence-electron chi connectivity index (χ1n) is 7.68. The van der Waals surface area contributed by atoms with Crippen molar-refractivity contribution in [2.45, 2.75) is 47.0 Å². The minimum Gasteiger partial charge on any atom is -0.330 e. The Morgan fingerprint density at radius 2 is 2.05 bits per heavy atom. The van der Waals surface area contributed by atoms with Gasteiger partial charge in [0.15, 0.2) is 0 Å². The van der Waals surface area contributed by atoms with Crippen molar-refractivity contribution in [3.63, 3.8) is 0 Å². The summed E-state index contributed by atoms with van der Waals surface area (Å²) >= 11 is 0. The first-order valence-corrected chi connectivity index (χ1v) is 9.08. The van der Waals surface area contributed by atoms with E-state index in [9.17, 15) is 8.42 Å². The fourth-order valence-electron chi connectivity index (χ4n) is 2.59. The van der Waals surface area contributed by atoms with Gasteiger partial charge in [-0.15, -0.1) is 0 Å². The molecule has 0 aliphatic carbocycles. The second-order valence-corrected chi connectivity index (χ2v) is 8.74. The van der Waals surface area contributed by atoms with Gasteiger partial charge < -0.3 is 5.73 Å². The Hall–Kier alpha value is -0.170. The summed E-state index contributed by atoms with van der Waals surface area (Å²) in [6.07, 6.45) is 2.90. The predicted octanol–water partition coefficient (Wildman–Crippen LogP) is 1.66. The van der Waals surface area contributed by atoms with Crippen molar-refractivity contribution >= 4 is 10.2 Å². The van der Waals surface area contributed by atoms with E-state index in [1.54, 1.807) is 8.61 Å². The summed E-state index contributed by atoms with van der Waals surface area (Å²) in [6, 6.07) is 0. The molecule has 1 heterocycles. The van der Waals surface area contributed by atoms with Crippen molar-refractivity contribution in [3.8, 4) is 0 Å². The van der Waals surface area contributed by atoms with Crippen LogP contribution in [-0.2, 0) is 10.2 Å². The van der Waals surface area contributed by atoms with E-state index < -0.39 is 10.2 Å². The van der Waals surface area contributed by atoms with Crippen LogP contribution in [0.3, 0.4) is 0 Å². The average Bonchev–Trinajstić information content (AvgIpc) is 2.38. The Kier molecular flexibility index (Phi) is 6.44. The smallest absolute Gasteiger partial charge is 0.282 e. The summed E-state index contributed by atoms with van der Waals surface area (Å²) in [5.74, 6) is 0.449. The standard InChI is InChI=1S/C14H31N3O2S/c1-5-8-17(12-14(3,4)11-15)20(18,19)16-9-6-7-13(2)10-16/h13H,5-12,15H2,1-4H3. The molecule has 0 amide bonds. The van der Waals surface area contributed by atoms with Gasteiger partial charge in [0.2, 0.25) is 0 Å². The molecule has 1 atom stereocenters. The molecule has 0 bridgehead atoms. The van der Waals surface area contributed by atoms with E-state index in [4.69, 9.17) is 5.73 Å². The molecular weight excluding hydrogens is 274 g/mol. The van der Waals surface area contributed by atoms with E-state index in [0.29, 0.717) is 38.6 Å². The van der Waals surface area contributed by atoms with E-state index in [2.05, 4.69) is 6.92 Å². The van der Waals surface area contributed by atoms with Crippen molar-refractivity contribution in [1.29, 1.82) is 0 Å². The molecule has 0 aromatic heterocycles. The zero-order valence-electron chi connectivity index (χ0n) is 13.4. The molecule has 0 radical (unpaired) electrons. The van der Waals surface area contributed by atoms with Crippen LogP contribution in [0.1, 0.15) is 47.0 Å². The Labute approximate surface area is 124 Å². The van der Waals surface area contributed by atoms with Crippen LogP contribution in [0.5, 0.6) is 0 Å². The van der Waals surface area contributed by atoms with Crippen LogP contribution in [0.25, 0.3) is 0 Å². The van der Waals surface area contributed by atoms with Crippen molar-refractivity contribution in [2.75, 3.05) is 32.7 Å². The van der Waals surface area contributed by atoms with Crippen molar-refractivity contribution in [2.24, 2.45) is 17.1 Å². The third kappa shape index (κ3) is 4.69. The summed E-state index contributed by atoms with van der Waals surface area (Å²) in [6.45, 7) is 11.0. The van der Waals surface area contributed by atoms with Gasteiger partial charge in [0.1, 0.15) is 0 Å². The zero-order chi connectivity index (χ0) is 15.4. The lowest BCUT2D eigenvalue weighted by atomic mass is 9.94. The number of nitrogens with zero attached hydrogens (tertiary/aromatic N) is 2. The van der Waals surface area contributed by atoms with Crippen LogP contribution in [0, 0.1) is 11.3 Å². The third-order valence-corrected chi connectivity index (χ3v) is 5.85. The molecule has 120 valence electrons. The summed E-state index contributed by atoms with van der Waals surface area (Å²) < 4.78 is 28.9. The van der Waals surface area contributed by atoms with Crippen LogP contribution in [0.4, 0.5) is 0 Å². The van der Waals surface area contributed by atoms with Crippen LogP contribution in [-0.4, -0.2) is 49.8 Å². The molecular formula is C14H31N3O2S. The molecule has 1 saturated heterocycles. The van der Waals surface area contributed by atoms with Crippen LogP contribution < -0.4 is 5.73 Å². The first kappa shape index (κ1) is 17.9. The number of nitrogens with two attached hydrogens (primary N) is 1. The fourth-order valence-corrected chi connectivity index (χ4v) is 4.64. The lowest BCUT2D eigenvalue weighted by Gasteiger charge is -2.37. The fraction of sp³-hybridized carbons (Fsp3) is 1.00. The Balaban J connectivity index is 2.88. The van der Waals surface area contributed by atoms with E-state index in [1.807, 2.05) is 20.8 Å². The van der Waals surface area contributed by atoms with E-state index in [-0.39, 0.29) is 5.41 Å². The molecule has 0 aromatic rings. The molecule has 20 heavy (non-hydrogen) atoms. The van der Waals surface area contributed by atoms with Crippen LogP contribution >= 0.6 is 0 Å². The zero-order valence-corrected chi connectivity index (χ0v) is 14.2. The topological polar surface area (TPSA) is 66.6 Å². The maximum Gasteiger partial charge on any atom is 0.282 e. The van der Waals surface area contributed by atoms with Gasteiger partial charge >= 0.3 is 0 Å². The van der Waals surface area contributed by atoms with Gasteiger partial charge in [-0.25, -0.2) is 0 Å². The molecule has 5 nitrogen and oxygen atoms in total. The predicted molar refractivity (Wildman–Crippen MR) is 83.6 cm³/mol. The van der Waals surface area contributed by atoms with E-state index >= 15 is 0 Å². The molecule has 1 aliphatic heterocycles. The quantitative estimate of drug-likeness (QED) is 0.778. The maximum absolute atomic E-state index is 12.8. The largest absolute Gasteiger partial charge is 0.330 e. The van der Waals surface area contributed by atoms with E-state index in [0.717, 1.165) is 19.3 Å². The molecule has 1 rings (SSSR count). The second kappa shape index (κ2) is 7.20. The third-order valence-electron chi connectivity index (χ3n) is 3.90. The Morgan fingerprint density at radius 3 is 2.55 bits per heavy atom. The van der Waals surface area contributed by atoms with Crippen LogP contribution in [0.15, 0.2) is 0 Å². The van der Waals surface area contributed by atoms with E-state index in [1.165, 1.54) is 0 Å². The number of hydrogen-bond donors (Lipinski definition) is 1. The lowest BCUT2D eigenvalue weighted by molar-refractivity contribution is 0.225.